The molecule has 5 nitrogen and oxygen atoms in total. The van der Waals surface area contributed by atoms with Gasteiger partial charge in [-0.2, -0.15) is 9.37 Å². The summed E-state index contributed by atoms with van der Waals surface area (Å²) in [5.41, 5.74) is -0.921. The molecule has 1 aromatic heterocycles. The van der Waals surface area contributed by atoms with Gasteiger partial charge in [-0.3, -0.25) is 0 Å². The molecule has 0 spiro atoms. The number of halogens is 4. The minimum Gasteiger partial charge on any atom is -0.361 e. The first-order chi connectivity index (χ1) is 13.8. The van der Waals surface area contributed by atoms with E-state index in [2.05, 4.69) is 4.98 Å². The Bertz CT molecular complexity index is 1040. The van der Waals surface area contributed by atoms with Crippen molar-refractivity contribution < 1.29 is 26.0 Å². The van der Waals surface area contributed by atoms with E-state index in [1.807, 2.05) is 0 Å². The van der Waals surface area contributed by atoms with Gasteiger partial charge in [0.15, 0.2) is 21.5 Å². The highest BCUT2D eigenvalue weighted by molar-refractivity contribution is 7.91. The van der Waals surface area contributed by atoms with Crippen LogP contribution in [0.2, 0.25) is 0 Å². The van der Waals surface area contributed by atoms with Crippen LogP contribution in [0.4, 0.5) is 29.1 Å². The number of hydrogen-bond acceptors (Lipinski definition) is 5. The molecule has 1 aromatic carbocycles. The quantitative estimate of drug-likeness (QED) is 0.553. The molecule has 0 atom stereocenters. The highest BCUT2D eigenvalue weighted by Gasteiger charge is 2.38. The van der Waals surface area contributed by atoms with Crippen molar-refractivity contribution in [2.75, 3.05) is 35.2 Å². The topological polar surface area (TPSA) is 53.5 Å². The maximum Gasteiger partial charge on any atom is 0.239 e. The summed E-state index contributed by atoms with van der Waals surface area (Å²) in [6.45, 7) is 0.227. The largest absolute Gasteiger partial charge is 0.361 e. The molecule has 3 heterocycles. The normalized spacial score (nSPS) is 18.6. The van der Waals surface area contributed by atoms with Gasteiger partial charge in [0.1, 0.15) is 22.2 Å². The fourth-order valence-corrected chi connectivity index (χ4v) is 5.38. The molecule has 1 fully saturated rings. The summed E-state index contributed by atoms with van der Waals surface area (Å²) in [6, 6.07) is 3.29. The van der Waals surface area contributed by atoms with Crippen LogP contribution in [-0.2, 0) is 16.4 Å². The van der Waals surface area contributed by atoms with Gasteiger partial charge in [0, 0.05) is 31.7 Å². The van der Waals surface area contributed by atoms with E-state index in [0.29, 0.717) is 13.1 Å². The van der Waals surface area contributed by atoms with Gasteiger partial charge in [-0.1, -0.05) is 6.07 Å². The van der Waals surface area contributed by atoms with Crippen LogP contribution in [0.3, 0.4) is 0 Å². The number of fused-ring (bicyclic) bond motifs is 1. The predicted octanol–water partition coefficient (Wildman–Crippen LogP) is 3.42. The van der Waals surface area contributed by atoms with Crippen molar-refractivity contribution in [3.8, 4) is 0 Å². The standard InChI is InChI=1S/C19H19F4N3O2S/c20-13-5-4-6-14(21)12(13)11-26-9-10-29(27,28)17-15(22)19(24-18(23)16(17)26)25-7-2-1-3-8-25/h4-6H,1-3,7-11H2. The summed E-state index contributed by atoms with van der Waals surface area (Å²) in [7, 11) is -4.11. The van der Waals surface area contributed by atoms with E-state index < -0.39 is 56.1 Å². The van der Waals surface area contributed by atoms with Gasteiger partial charge in [-0.25, -0.2) is 21.6 Å². The number of piperidine rings is 1. The number of sulfone groups is 1. The van der Waals surface area contributed by atoms with Crippen molar-refractivity contribution in [2.24, 2.45) is 0 Å². The van der Waals surface area contributed by atoms with Crippen molar-refractivity contribution in [3.63, 3.8) is 0 Å². The molecule has 4 rings (SSSR count). The number of benzene rings is 1. The van der Waals surface area contributed by atoms with E-state index in [1.54, 1.807) is 0 Å². The van der Waals surface area contributed by atoms with E-state index in [4.69, 9.17) is 0 Å². The van der Waals surface area contributed by atoms with Gasteiger partial charge in [0.25, 0.3) is 0 Å². The molecule has 156 valence electrons. The lowest BCUT2D eigenvalue weighted by Gasteiger charge is -2.34. The minimum absolute atomic E-state index is 0.232. The average Bonchev–Trinajstić information content (AvgIpc) is 2.69. The second-order valence-corrected chi connectivity index (χ2v) is 9.25. The maximum absolute atomic E-state index is 15.3. The molecule has 10 heteroatoms. The molecular weight excluding hydrogens is 410 g/mol. The summed E-state index contributed by atoms with van der Waals surface area (Å²) in [4.78, 5) is 5.58. The Hall–Kier alpha value is -2.36. The highest BCUT2D eigenvalue weighted by Crippen LogP contribution is 2.39. The molecule has 2 aliphatic heterocycles. The minimum atomic E-state index is -4.11. The van der Waals surface area contributed by atoms with Gasteiger partial charge in [-0.15, -0.1) is 0 Å². The SMILES string of the molecule is O=S1(=O)CCN(Cc2c(F)cccc2F)c2c(F)nc(N3CCCCC3)c(F)c21. The third-order valence-electron chi connectivity index (χ3n) is 5.33. The lowest BCUT2D eigenvalue weighted by atomic mass is 10.1. The van der Waals surface area contributed by atoms with Crippen LogP contribution in [0.5, 0.6) is 0 Å². The first kappa shape index (κ1) is 19.9. The van der Waals surface area contributed by atoms with E-state index in [1.165, 1.54) is 11.0 Å². The van der Waals surface area contributed by atoms with E-state index >= 15 is 4.39 Å². The average molecular weight is 429 g/mol. The Morgan fingerprint density at radius 1 is 0.966 bits per heavy atom. The monoisotopic (exact) mass is 429 g/mol. The molecule has 2 aromatic rings. The molecule has 0 radical (unpaired) electrons. The number of rotatable bonds is 3. The molecule has 0 aliphatic carbocycles. The molecule has 0 unspecified atom stereocenters. The van der Waals surface area contributed by atoms with Crippen LogP contribution in [0.1, 0.15) is 24.8 Å². The summed E-state index contributed by atoms with van der Waals surface area (Å²) in [5.74, 6) is -4.79. The van der Waals surface area contributed by atoms with E-state index in [-0.39, 0.29) is 17.9 Å². The van der Waals surface area contributed by atoms with Crippen molar-refractivity contribution in [1.82, 2.24) is 4.98 Å². The first-order valence-corrected chi connectivity index (χ1v) is 11.0. The fraction of sp³-hybridized carbons (Fsp3) is 0.421. The number of aromatic nitrogens is 1. The fourth-order valence-electron chi connectivity index (χ4n) is 3.84. The smallest absolute Gasteiger partial charge is 0.239 e. The van der Waals surface area contributed by atoms with Crippen LogP contribution in [-0.4, -0.2) is 38.8 Å². The molecule has 2 aliphatic rings. The second-order valence-electron chi connectivity index (χ2n) is 7.21. The number of anilines is 2. The van der Waals surface area contributed by atoms with Gasteiger partial charge >= 0.3 is 0 Å². The molecule has 0 bridgehead atoms. The van der Waals surface area contributed by atoms with Crippen LogP contribution in [0.15, 0.2) is 23.1 Å². The van der Waals surface area contributed by atoms with Gasteiger partial charge in [0.05, 0.1) is 5.75 Å². The number of nitrogens with zero attached hydrogens (tertiary/aromatic N) is 3. The summed E-state index contributed by atoms with van der Waals surface area (Å²) < 4.78 is 83.5. The van der Waals surface area contributed by atoms with Crippen LogP contribution >= 0.6 is 0 Å². The zero-order valence-corrected chi connectivity index (χ0v) is 16.3. The summed E-state index contributed by atoms with van der Waals surface area (Å²) in [5, 5.41) is 0. The summed E-state index contributed by atoms with van der Waals surface area (Å²) in [6.07, 6.45) is 2.49. The maximum atomic E-state index is 15.3. The van der Waals surface area contributed by atoms with Gasteiger partial charge in [0.2, 0.25) is 5.95 Å². The Morgan fingerprint density at radius 2 is 1.62 bits per heavy atom. The second kappa shape index (κ2) is 7.47. The van der Waals surface area contributed by atoms with Gasteiger partial charge in [-0.05, 0) is 31.4 Å². The third kappa shape index (κ3) is 3.54. The van der Waals surface area contributed by atoms with Crippen molar-refractivity contribution in [1.29, 1.82) is 0 Å². The molecule has 29 heavy (non-hydrogen) atoms. The summed E-state index contributed by atoms with van der Waals surface area (Å²) >= 11 is 0. The molecule has 0 saturated carbocycles. The lowest BCUT2D eigenvalue weighted by molar-refractivity contribution is 0.496. The third-order valence-corrected chi connectivity index (χ3v) is 7.05. The molecular formula is C19H19F4N3O2S. The Labute approximate surface area is 165 Å². The Morgan fingerprint density at radius 3 is 2.28 bits per heavy atom. The van der Waals surface area contributed by atoms with Crippen molar-refractivity contribution >= 4 is 21.3 Å². The lowest BCUT2D eigenvalue weighted by Crippen LogP contribution is -2.38. The Balaban J connectivity index is 1.82. The van der Waals surface area contributed by atoms with Gasteiger partial charge < -0.3 is 9.80 Å². The first-order valence-electron chi connectivity index (χ1n) is 9.34. The Kier molecular flexibility index (Phi) is 5.14. The zero-order valence-electron chi connectivity index (χ0n) is 15.5. The number of hydrogen-bond donors (Lipinski definition) is 0. The number of pyridine rings is 1. The van der Waals surface area contributed by atoms with E-state index in [0.717, 1.165) is 36.3 Å². The predicted molar refractivity (Wildman–Crippen MR) is 99.7 cm³/mol. The highest BCUT2D eigenvalue weighted by atomic mass is 32.2. The van der Waals surface area contributed by atoms with Crippen LogP contribution in [0, 0.1) is 23.4 Å². The van der Waals surface area contributed by atoms with Crippen LogP contribution < -0.4 is 9.80 Å². The van der Waals surface area contributed by atoms with E-state index in [9.17, 15) is 21.6 Å². The molecule has 0 N–H and O–H groups in total. The van der Waals surface area contributed by atoms with Crippen LogP contribution in [0.25, 0.3) is 0 Å². The molecule has 0 amide bonds. The molecule has 1 saturated heterocycles. The van der Waals surface area contributed by atoms with Crippen molar-refractivity contribution in [3.05, 3.63) is 47.2 Å². The zero-order chi connectivity index (χ0) is 20.8. The van der Waals surface area contributed by atoms with Crippen molar-refractivity contribution in [2.45, 2.75) is 30.7 Å².